The Labute approximate surface area is 197 Å². The van der Waals surface area contributed by atoms with E-state index < -0.39 is 0 Å². The molecule has 4 rings (SSSR count). The van der Waals surface area contributed by atoms with Gasteiger partial charge >= 0.3 is 0 Å². The Hall–Kier alpha value is -3.13. The van der Waals surface area contributed by atoms with Crippen LogP contribution in [0.15, 0.2) is 58.5 Å². The zero-order valence-corrected chi connectivity index (χ0v) is 20.1. The Balaban J connectivity index is 1.58. The summed E-state index contributed by atoms with van der Waals surface area (Å²) in [6.07, 6.45) is 3.01. The van der Waals surface area contributed by atoms with Crippen LogP contribution in [-0.2, 0) is 11.3 Å². The second-order valence-corrected chi connectivity index (χ2v) is 9.36. The minimum atomic E-state index is -0.116. The summed E-state index contributed by atoms with van der Waals surface area (Å²) in [6, 6.07) is 15.4. The van der Waals surface area contributed by atoms with Crippen LogP contribution in [0, 0.1) is 0 Å². The predicted octanol–water partition coefficient (Wildman–Crippen LogP) is 5.09. The number of aryl methyl sites for hydroxylation is 1. The summed E-state index contributed by atoms with van der Waals surface area (Å²) >= 11 is 1.31. The fraction of sp³-hybridized carbons (Fsp3) is 0.360. The summed E-state index contributed by atoms with van der Waals surface area (Å²) in [7, 11) is 0. The van der Waals surface area contributed by atoms with Crippen molar-refractivity contribution in [3.63, 3.8) is 0 Å². The van der Waals surface area contributed by atoms with Gasteiger partial charge < -0.3 is 5.32 Å². The number of nitrogens with one attached hydrogen (secondary N) is 1. The van der Waals surface area contributed by atoms with Gasteiger partial charge in [-0.3, -0.25) is 18.6 Å². The van der Waals surface area contributed by atoms with E-state index in [-0.39, 0.29) is 17.2 Å². The third-order valence-corrected chi connectivity index (χ3v) is 6.59. The minimum absolute atomic E-state index is 0.0549. The molecule has 33 heavy (non-hydrogen) atoms. The first-order valence-corrected chi connectivity index (χ1v) is 12.4. The molecule has 1 amide bonds. The Kier molecular flexibility index (Phi) is 7.13. The first-order chi connectivity index (χ1) is 16.0. The van der Waals surface area contributed by atoms with Crippen molar-refractivity contribution in [3.05, 3.63) is 64.4 Å². The highest BCUT2D eigenvalue weighted by Crippen LogP contribution is 2.23. The quantitative estimate of drug-likeness (QED) is 0.276. The number of fused-ring (bicyclic) bond motifs is 3. The SMILES string of the molecule is CCCCCn1c(=O)c2ccccc2n2c(SCC(=O)Nc3ccc(C(C)C)cc3)nnc12. The Morgan fingerprint density at radius 1 is 1.06 bits per heavy atom. The molecule has 4 aromatic rings. The lowest BCUT2D eigenvalue weighted by atomic mass is 10.0. The number of thioether (sulfide) groups is 1. The van der Waals surface area contributed by atoms with Crippen molar-refractivity contribution in [3.8, 4) is 0 Å². The van der Waals surface area contributed by atoms with Gasteiger partial charge in [0.05, 0.1) is 16.7 Å². The van der Waals surface area contributed by atoms with Gasteiger partial charge in [-0.1, -0.05) is 69.6 Å². The number of rotatable bonds is 9. The number of hydrogen-bond donors (Lipinski definition) is 1. The molecular weight excluding hydrogens is 434 g/mol. The molecule has 0 spiro atoms. The highest BCUT2D eigenvalue weighted by atomic mass is 32.2. The van der Waals surface area contributed by atoms with Crippen LogP contribution in [0.3, 0.4) is 0 Å². The maximum atomic E-state index is 13.1. The standard InChI is InChI=1S/C25H29N5O2S/c1-4-5-8-15-29-23(32)20-9-6-7-10-21(20)30-24(29)27-28-25(30)33-16-22(31)26-19-13-11-18(12-14-19)17(2)3/h6-7,9-14,17H,4-5,8,15-16H2,1-3H3,(H,26,31). The van der Waals surface area contributed by atoms with Crippen molar-refractivity contribution in [2.75, 3.05) is 11.1 Å². The number of carbonyl (C=O) groups is 1. The smallest absolute Gasteiger partial charge is 0.262 e. The van der Waals surface area contributed by atoms with Gasteiger partial charge in [-0.25, -0.2) is 0 Å². The van der Waals surface area contributed by atoms with Gasteiger partial charge in [0.25, 0.3) is 5.56 Å². The number of anilines is 1. The molecule has 0 fully saturated rings. The molecule has 1 N–H and O–H groups in total. The molecule has 0 aliphatic carbocycles. The highest BCUT2D eigenvalue weighted by molar-refractivity contribution is 7.99. The van der Waals surface area contributed by atoms with E-state index in [1.165, 1.54) is 17.3 Å². The number of carbonyl (C=O) groups excluding carboxylic acids is 1. The number of aromatic nitrogens is 4. The number of para-hydroxylation sites is 1. The van der Waals surface area contributed by atoms with Crippen LogP contribution >= 0.6 is 11.8 Å². The molecule has 0 saturated heterocycles. The van der Waals surface area contributed by atoms with Crippen LogP contribution in [0.5, 0.6) is 0 Å². The number of unbranched alkanes of at least 4 members (excludes halogenated alkanes) is 2. The zero-order valence-electron chi connectivity index (χ0n) is 19.2. The maximum absolute atomic E-state index is 13.1. The Morgan fingerprint density at radius 2 is 1.82 bits per heavy atom. The lowest BCUT2D eigenvalue weighted by Gasteiger charge is -2.11. The van der Waals surface area contributed by atoms with Gasteiger partial charge in [0.2, 0.25) is 11.7 Å². The van der Waals surface area contributed by atoms with Gasteiger partial charge in [0.15, 0.2) is 5.16 Å². The molecule has 0 unspecified atom stereocenters. The molecular formula is C25H29N5O2S. The van der Waals surface area contributed by atoms with Gasteiger partial charge in [-0.15, -0.1) is 10.2 Å². The van der Waals surface area contributed by atoms with Crippen molar-refractivity contribution in [1.82, 2.24) is 19.2 Å². The topological polar surface area (TPSA) is 81.3 Å². The molecule has 0 atom stereocenters. The van der Waals surface area contributed by atoms with Crippen molar-refractivity contribution in [2.24, 2.45) is 0 Å². The van der Waals surface area contributed by atoms with Gasteiger partial charge in [0, 0.05) is 12.2 Å². The average Bonchev–Trinajstić information content (AvgIpc) is 3.24. The minimum Gasteiger partial charge on any atom is -0.325 e. The van der Waals surface area contributed by atoms with Crippen molar-refractivity contribution >= 4 is 40.0 Å². The molecule has 2 aromatic carbocycles. The van der Waals surface area contributed by atoms with Crippen LogP contribution < -0.4 is 10.9 Å². The average molecular weight is 464 g/mol. The monoisotopic (exact) mass is 463 g/mol. The van der Waals surface area contributed by atoms with Gasteiger partial charge in [-0.2, -0.15) is 0 Å². The van der Waals surface area contributed by atoms with E-state index in [0.717, 1.165) is 30.5 Å². The van der Waals surface area contributed by atoms with E-state index in [2.05, 4.69) is 36.3 Å². The van der Waals surface area contributed by atoms with Crippen LogP contribution in [-0.4, -0.2) is 30.8 Å². The van der Waals surface area contributed by atoms with E-state index >= 15 is 0 Å². The molecule has 8 heteroatoms. The van der Waals surface area contributed by atoms with Crippen LogP contribution in [0.1, 0.15) is 51.5 Å². The lowest BCUT2D eigenvalue weighted by Crippen LogP contribution is -2.23. The van der Waals surface area contributed by atoms with Gasteiger partial charge in [-0.05, 0) is 42.2 Å². The summed E-state index contributed by atoms with van der Waals surface area (Å²) in [5.74, 6) is 1.04. The Morgan fingerprint density at radius 3 is 2.55 bits per heavy atom. The number of amides is 1. The van der Waals surface area contributed by atoms with Crippen LogP contribution in [0.25, 0.3) is 16.7 Å². The first-order valence-electron chi connectivity index (χ1n) is 11.4. The molecule has 0 bridgehead atoms. The zero-order chi connectivity index (χ0) is 23.4. The molecule has 0 radical (unpaired) electrons. The first kappa shape index (κ1) is 23.0. The largest absolute Gasteiger partial charge is 0.325 e. The van der Waals surface area contributed by atoms with E-state index in [1.54, 1.807) is 4.57 Å². The van der Waals surface area contributed by atoms with Crippen molar-refractivity contribution in [1.29, 1.82) is 0 Å². The second-order valence-electron chi connectivity index (χ2n) is 8.41. The molecule has 0 aliphatic rings. The lowest BCUT2D eigenvalue weighted by molar-refractivity contribution is -0.113. The van der Waals surface area contributed by atoms with E-state index in [4.69, 9.17) is 0 Å². The fourth-order valence-corrected chi connectivity index (χ4v) is 4.57. The summed E-state index contributed by atoms with van der Waals surface area (Å²) in [5.41, 5.74) is 2.70. The van der Waals surface area contributed by atoms with Crippen molar-refractivity contribution < 1.29 is 4.79 Å². The summed E-state index contributed by atoms with van der Waals surface area (Å²) < 4.78 is 3.59. The van der Waals surface area contributed by atoms with Crippen LogP contribution in [0.4, 0.5) is 5.69 Å². The van der Waals surface area contributed by atoms with Gasteiger partial charge in [0.1, 0.15) is 0 Å². The number of hydrogen-bond acceptors (Lipinski definition) is 5. The number of nitrogens with zero attached hydrogens (tertiary/aromatic N) is 4. The third-order valence-electron chi connectivity index (χ3n) is 5.66. The highest BCUT2D eigenvalue weighted by Gasteiger charge is 2.17. The fourth-order valence-electron chi connectivity index (χ4n) is 3.83. The predicted molar refractivity (Wildman–Crippen MR) is 134 cm³/mol. The van der Waals surface area contributed by atoms with E-state index in [0.29, 0.717) is 28.8 Å². The van der Waals surface area contributed by atoms with Crippen molar-refractivity contribution in [2.45, 2.75) is 57.7 Å². The molecule has 0 saturated carbocycles. The molecule has 2 aromatic heterocycles. The summed E-state index contributed by atoms with van der Waals surface area (Å²) in [6.45, 7) is 7.01. The second kappa shape index (κ2) is 10.2. The molecule has 0 aliphatic heterocycles. The van der Waals surface area contributed by atoms with E-state index in [1.807, 2.05) is 52.9 Å². The molecule has 172 valence electrons. The van der Waals surface area contributed by atoms with Crippen LogP contribution in [0.2, 0.25) is 0 Å². The van der Waals surface area contributed by atoms with E-state index in [9.17, 15) is 9.59 Å². The normalized spacial score (nSPS) is 11.5. The summed E-state index contributed by atoms with van der Waals surface area (Å²) in [4.78, 5) is 25.7. The maximum Gasteiger partial charge on any atom is 0.262 e. The molecule has 2 heterocycles. The number of benzene rings is 2. The third kappa shape index (κ3) is 4.95. The molecule has 7 nitrogen and oxygen atoms in total. The Bertz CT molecular complexity index is 1320. The summed E-state index contributed by atoms with van der Waals surface area (Å²) in [5, 5.41) is 12.8.